The molecule has 1 aliphatic rings. The number of rotatable bonds is 7. The highest BCUT2D eigenvalue weighted by molar-refractivity contribution is 7.89. The fraction of sp³-hybridized carbons (Fsp3) is 0.250. The molecule has 0 spiro atoms. The molecule has 1 fully saturated rings. The van der Waals surface area contributed by atoms with E-state index in [1.165, 1.54) is 34.8 Å². The molecule has 0 saturated carbocycles. The normalized spacial score (nSPS) is 15.1. The minimum atomic E-state index is -3.65. The number of carbonyl (C=O) groups excluding carboxylic acids is 2. The van der Waals surface area contributed by atoms with E-state index >= 15 is 0 Å². The van der Waals surface area contributed by atoms with E-state index in [2.05, 4.69) is 10.6 Å². The van der Waals surface area contributed by atoms with Crippen molar-refractivity contribution >= 4 is 39.1 Å². The number of nitrogens with zero attached hydrogens (tertiary/aromatic N) is 1. The number of hydrogen-bond acceptors (Lipinski definition) is 5. The summed E-state index contributed by atoms with van der Waals surface area (Å²) in [5.74, 6) is -0.322. The highest BCUT2D eigenvalue weighted by atomic mass is 35.5. The summed E-state index contributed by atoms with van der Waals surface area (Å²) in [5.41, 5.74) is 0.741. The molecule has 8 nitrogen and oxygen atoms in total. The fourth-order valence-electron chi connectivity index (χ4n) is 3.81. The standard InChI is InChI=1S/C24H24ClN3O5S/c25-18-7-9-20(10-8-18)34(31,32)28-13-11-17(12-14-28)23(29)27-22-6-2-1-5-21(22)24(30)26-16-19-4-3-15-33-19/h1-10,15,17H,11-14,16H2,(H,26,30)(H,27,29). The number of para-hydroxylation sites is 1. The van der Waals surface area contributed by atoms with Crippen LogP contribution in [0.25, 0.3) is 0 Å². The third kappa shape index (κ3) is 5.49. The first kappa shape index (κ1) is 24.0. The highest BCUT2D eigenvalue weighted by Gasteiger charge is 2.32. The van der Waals surface area contributed by atoms with Crippen LogP contribution in [0.1, 0.15) is 29.0 Å². The summed E-state index contributed by atoms with van der Waals surface area (Å²) in [6.45, 7) is 0.692. The average molecular weight is 502 g/mol. The van der Waals surface area contributed by atoms with Crippen molar-refractivity contribution in [2.75, 3.05) is 18.4 Å². The van der Waals surface area contributed by atoms with E-state index in [4.69, 9.17) is 16.0 Å². The highest BCUT2D eigenvalue weighted by Crippen LogP contribution is 2.26. The van der Waals surface area contributed by atoms with Gasteiger partial charge in [0.1, 0.15) is 5.76 Å². The maximum absolute atomic E-state index is 12.9. The second kappa shape index (κ2) is 10.4. The van der Waals surface area contributed by atoms with Crippen LogP contribution in [0.3, 0.4) is 0 Å². The molecule has 3 aromatic rings. The minimum absolute atomic E-state index is 0.175. The lowest BCUT2D eigenvalue weighted by Crippen LogP contribution is -2.41. The van der Waals surface area contributed by atoms with Gasteiger partial charge in [-0.15, -0.1) is 0 Å². The number of halogens is 1. The summed E-state index contributed by atoms with van der Waals surface area (Å²) in [5, 5.41) is 6.07. The Labute approximate surface area is 203 Å². The third-order valence-electron chi connectivity index (χ3n) is 5.71. The van der Waals surface area contributed by atoms with Crippen molar-refractivity contribution in [2.45, 2.75) is 24.3 Å². The Morgan fingerprint density at radius 2 is 1.71 bits per heavy atom. The number of anilines is 1. The van der Waals surface area contributed by atoms with Gasteiger partial charge in [-0.2, -0.15) is 4.31 Å². The van der Waals surface area contributed by atoms with Crippen LogP contribution in [0.15, 0.2) is 76.2 Å². The Balaban J connectivity index is 1.36. The van der Waals surface area contributed by atoms with Gasteiger partial charge in [0.25, 0.3) is 5.91 Å². The van der Waals surface area contributed by atoms with Gasteiger partial charge in [-0.05, 0) is 61.4 Å². The van der Waals surface area contributed by atoms with Crippen molar-refractivity contribution in [1.82, 2.24) is 9.62 Å². The van der Waals surface area contributed by atoms with E-state index in [9.17, 15) is 18.0 Å². The number of amides is 2. The van der Waals surface area contributed by atoms with Gasteiger partial charge < -0.3 is 15.1 Å². The number of carbonyl (C=O) groups is 2. The zero-order valence-corrected chi connectivity index (χ0v) is 19.8. The molecule has 1 saturated heterocycles. The zero-order valence-electron chi connectivity index (χ0n) is 18.2. The van der Waals surface area contributed by atoms with Crippen LogP contribution >= 0.6 is 11.6 Å². The lowest BCUT2D eigenvalue weighted by atomic mass is 9.97. The number of piperidine rings is 1. The number of hydrogen-bond donors (Lipinski definition) is 2. The third-order valence-corrected chi connectivity index (χ3v) is 7.87. The summed E-state index contributed by atoms with van der Waals surface area (Å²) in [4.78, 5) is 25.7. The van der Waals surface area contributed by atoms with Crippen molar-refractivity contribution < 1.29 is 22.4 Å². The molecule has 0 aliphatic carbocycles. The molecule has 1 aromatic heterocycles. The summed E-state index contributed by atoms with van der Waals surface area (Å²) in [6, 6.07) is 16.3. The Bertz CT molecular complexity index is 1250. The maximum atomic E-state index is 12.9. The van der Waals surface area contributed by atoms with Crippen molar-refractivity contribution in [2.24, 2.45) is 5.92 Å². The molecule has 0 atom stereocenters. The molecular formula is C24H24ClN3O5S. The first-order valence-corrected chi connectivity index (χ1v) is 12.6. The second-order valence-electron chi connectivity index (χ2n) is 7.93. The van der Waals surface area contributed by atoms with Gasteiger partial charge in [0.2, 0.25) is 15.9 Å². The molecule has 0 bridgehead atoms. The van der Waals surface area contributed by atoms with Crippen LogP contribution in [-0.2, 0) is 21.4 Å². The molecule has 0 radical (unpaired) electrons. The predicted molar refractivity (Wildman–Crippen MR) is 128 cm³/mol. The number of nitrogens with one attached hydrogen (secondary N) is 2. The lowest BCUT2D eigenvalue weighted by molar-refractivity contribution is -0.120. The van der Waals surface area contributed by atoms with Crippen molar-refractivity contribution in [3.8, 4) is 0 Å². The predicted octanol–water partition coefficient (Wildman–Crippen LogP) is 3.90. The van der Waals surface area contributed by atoms with E-state index in [0.29, 0.717) is 34.9 Å². The number of benzene rings is 2. The van der Waals surface area contributed by atoms with E-state index < -0.39 is 10.0 Å². The van der Waals surface area contributed by atoms with Gasteiger partial charge in [-0.3, -0.25) is 9.59 Å². The molecule has 0 unspecified atom stereocenters. The van der Waals surface area contributed by atoms with Gasteiger partial charge in [0.15, 0.2) is 0 Å². The zero-order chi connectivity index (χ0) is 24.1. The molecule has 4 rings (SSSR count). The number of sulfonamides is 1. The number of furan rings is 1. The van der Waals surface area contributed by atoms with E-state index in [1.807, 2.05) is 0 Å². The summed E-state index contributed by atoms with van der Waals surface area (Å²) in [7, 11) is -3.65. The van der Waals surface area contributed by atoms with E-state index in [1.54, 1.807) is 36.4 Å². The minimum Gasteiger partial charge on any atom is -0.467 e. The van der Waals surface area contributed by atoms with Crippen LogP contribution in [0.5, 0.6) is 0 Å². The van der Waals surface area contributed by atoms with Crippen LogP contribution in [0, 0.1) is 5.92 Å². The molecule has 2 heterocycles. The molecule has 2 N–H and O–H groups in total. The molecular weight excluding hydrogens is 478 g/mol. The summed E-state index contributed by atoms with van der Waals surface area (Å²) < 4.78 is 32.3. The molecule has 2 aromatic carbocycles. The molecule has 178 valence electrons. The quantitative estimate of drug-likeness (QED) is 0.510. The first-order chi connectivity index (χ1) is 16.3. The van der Waals surface area contributed by atoms with Crippen molar-refractivity contribution in [1.29, 1.82) is 0 Å². The molecule has 34 heavy (non-hydrogen) atoms. The Kier molecular flexibility index (Phi) is 7.35. The average Bonchev–Trinajstić information content (AvgIpc) is 3.37. The Morgan fingerprint density at radius 3 is 2.38 bits per heavy atom. The molecule has 1 aliphatic heterocycles. The second-order valence-corrected chi connectivity index (χ2v) is 10.3. The van der Waals surface area contributed by atoms with Gasteiger partial charge in [0.05, 0.1) is 29.0 Å². The van der Waals surface area contributed by atoms with Gasteiger partial charge >= 0.3 is 0 Å². The van der Waals surface area contributed by atoms with Crippen molar-refractivity contribution in [3.05, 3.63) is 83.3 Å². The van der Waals surface area contributed by atoms with Gasteiger partial charge in [0, 0.05) is 24.0 Å². The Morgan fingerprint density at radius 1 is 1.00 bits per heavy atom. The van der Waals surface area contributed by atoms with Crippen LogP contribution in [-0.4, -0.2) is 37.6 Å². The van der Waals surface area contributed by atoms with Crippen LogP contribution in [0.4, 0.5) is 5.69 Å². The lowest BCUT2D eigenvalue weighted by Gasteiger charge is -2.30. The summed E-state index contributed by atoms with van der Waals surface area (Å²) >= 11 is 5.86. The maximum Gasteiger partial charge on any atom is 0.253 e. The Hall–Kier alpha value is -3.14. The monoisotopic (exact) mass is 501 g/mol. The largest absolute Gasteiger partial charge is 0.467 e. The summed E-state index contributed by atoms with van der Waals surface area (Å²) in [6.07, 6.45) is 2.29. The van der Waals surface area contributed by atoms with Gasteiger partial charge in [-0.1, -0.05) is 23.7 Å². The van der Waals surface area contributed by atoms with Gasteiger partial charge in [-0.25, -0.2) is 8.42 Å². The first-order valence-electron chi connectivity index (χ1n) is 10.8. The topological polar surface area (TPSA) is 109 Å². The van der Waals surface area contributed by atoms with Crippen LogP contribution < -0.4 is 10.6 Å². The fourth-order valence-corrected chi connectivity index (χ4v) is 5.41. The van der Waals surface area contributed by atoms with Crippen LogP contribution in [0.2, 0.25) is 5.02 Å². The molecule has 2 amide bonds. The SMILES string of the molecule is O=C(NCc1ccco1)c1ccccc1NC(=O)C1CCN(S(=O)(=O)c2ccc(Cl)cc2)CC1. The van der Waals surface area contributed by atoms with E-state index in [-0.39, 0.29) is 42.3 Å². The van der Waals surface area contributed by atoms with Crippen molar-refractivity contribution in [3.63, 3.8) is 0 Å². The smallest absolute Gasteiger partial charge is 0.253 e. The molecule has 10 heteroatoms. The van der Waals surface area contributed by atoms with E-state index in [0.717, 1.165) is 0 Å².